The molecule has 122 valence electrons. The number of rotatable bonds is 6. The van der Waals surface area contributed by atoms with Crippen LogP contribution < -0.4 is 10.6 Å². The van der Waals surface area contributed by atoms with Gasteiger partial charge in [0.2, 0.25) is 5.95 Å². The van der Waals surface area contributed by atoms with Crippen LogP contribution in [0.1, 0.15) is 22.4 Å². The summed E-state index contributed by atoms with van der Waals surface area (Å²) in [5, 5.41) is 6.60. The van der Waals surface area contributed by atoms with Crippen molar-refractivity contribution >= 4 is 11.8 Å². The van der Waals surface area contributed by atoms with Gasteiger partial charge in [-0.2, -0.15) is 4.98 Å². The molecule has 0 aliphatic carbocycles. The van der Waals surface area contributed by atoms with Crippen molar-refractivity contribution in [1.82, 2.24) is 15.0 Å². The molecule has 0 atom stereocenters. The predicted molar refractivity (Wildman–Crippen MR) is 96.8 cm³/mol. The van der Waals surface area contributed by atoms with Crippen molar-refractivity contribution in [2.24, 2.45) is 0 Å². The van der Waals surface area contributed by atoms with Gasteiger partial charge in [0, 0.05) is 37.2 Å². The average molecular weight is 319 g/mol. The van der Waals surface area contributed by atoms with Gasteiger partial charge in [-0.1, -0.05) is 35.9 Å². The molecule has 2 N–H and O–H groups in total. The second-order valence-electron chi connectivity index (χ2n) is 5.77. The molecule has 0 amide bonds. The van der Waals surface area contributed by atoms with Crippen molar-refractivity contribution in [3.05, 3.63) is 77.2 Å². The fourth-order valence-electron chi connectivity index (χ4n) is 2.32. The highest BCUT2D eigenvalue weighted by Crippen LogP contribution is 2.12. The van der Waals surface area contributed by atoms with Gasteiger partial charge in [0.15, 0.2) is 0 Å². The molecule has 0 radical (unpaired) electrons. The number of hydrogen-bond donors (Lipinski definition) is 2. The molecule has 3 rings (SSSR count). The lowest BCUT2D eigenvalue weighted by atomic mass is 10.1. The number of hydrogen-bond acceptors (Lipinski definition) is 5. The van der Waals surface area contributed by atoms with Crippen LogP contribution in [-0.2, 0) is 13.1 Å². The number of nitrogens with zero attached hydrogens (tertiary/aromatic N) is 3. The Hall–Kier alpha value is -2.95. The highest BCUT2D eigenvalue weighted by Gasteiger charge is 2.03. The van der Waals surface area contributed by atoms with E-state index in [-0.39, 0.29) is 0 Å². The lowest BCUT2D eigenvalue weighted by Gasteiger charge is -2.10. The summed E-state index contributed by atoms with van der Waals surface area (Å²) in [6, 6.07) is 14.4. The van der Waals surface area contributed by atoms with Gasteiger partial charge >= 0.3 is 0 Å². The van der Waals surface area contributed by atoms with Gasteiger partial charge in [-0.05, 0) is 31.0 Å². The second kappa shape index (κ2) is 7.55. The number of nitrogens with one attached hydrogen (secondary N) is 2. The van der Waals surface area contributed by atoms with Gasteiger partial charge in [0.25, 0.3) is 0 Å². The normalized spacial score (nSPS) is 10.4. The molecule has 0 aliphatic rings. The molecule has 2 aromatic heterocycles. The van der Waals surface area contributed by atoms with Crippen LogP contribution in [0.3, 0.4) is 0 Å². The number of aromatic nitrogens is 3. The van der Waals surface area contributed by atoms with Crippen molar-refractivity contribution in [3.63, 3.8) is 0 Å². The summed E-state index contributed by atoms with van der Waals surface area (Å²) < 4.78 is 0. The Labute approximate surface area is 142 Å². The third kappa shape index (κ3) is 4.52. The molecule has 3 aromatic rings. The maximum atomic E-state index is 4.53. The summed E-state index contributed by atoms with van der Waals surface area (Å²) in [5.41, 5.74) is 4.50. The minimum Gasteiger partial charge on any atom is -0.366 e. The van der Waals surface area contributed by atoms with E-state index < -0.39 is 0 Å². The lowest BCUT2D eigenvalue weighted by Crippen LogP contribution is -2.08. The van der Waals surface area contributed by atoms with E-state index in [9.17, 15) is 0 Å². The lowest BCUT2D eigenvalue weighted by molar-refractivity contribution is 1.01. The van der Waals surface area contributed by atoms with Crippen LogP contribution in [0.2, 0.25) is 0 Å². The molecule has 24 heavy (non-hydrogen) atoms. The molecular weight excluding hydrogens is 298 g/mol. The Morgan fingerprint density at radius 3 is 2.42 bits per heavy atom. The van der Waals surface area contributed by atoms with Gasteiger partial charge in [-0.3, -0.25) is 4.98 Å². The van der Waals surface area contributed by atoms with E-state index in [4.69, 9.17) is 0 Å². The van der Waals surface area contributed by atoms with E-state index in [2.05, 4.69) is 56.8 Å². The quantitative estimate of drug-likeness (QED) is 0.725. The summed E-state index contributed by atoms with van der Waals surface area (Å²) in [7, 11) is 0. The van der Waals surface area contributed by atoms with Crippen molar-refractivity contribution in [2.75, 3.05) is 10.6 Å². The zero-order valence-corrected chi connectivity index (χ0v) is 14.0. The Balaban J connectivity index is 1.63. The third-order valence-corrected chi connectivity index (χ3v) is 3.62. The third-order valence-electron chi connectivity index (χ3n) is 3.62. The van der Waals surface area contributed by atoms with E-state index >= 15 is 0 Å². The largest absolute Gasteiger partial charge is 0.366 e. The molecule has 5 nitrogen and oxygen atoms in total. The first-order valence-electron chi connectivity index (χ1n) is 7.97. The highest BCUT2D eigenvalue weighted by molar-refractivity contribution is 5.43. The second-order valence-corrected chi connectivity index (χ2v) is 5.77. The Bertz CT molecular complexity index is 785. The molecule has 1 aromatic carbocycles. The van der Waals surface area contributed by atoms with Gasteiger partial charge in [0.05, 0.1) is 0 Å². The maximum absolute atomic E-state index is 4.53. The van der Waals surface area contributed by atoms with E-state index in [0.29, 0.717) is 12.5 Å². The molecule has 0 saturated carbocycles. The average Bonchev–Trinajstić information content (AvgIpc) is 2.60. The summed E-state index contributed by atoms with van der Waals surface area (Å²) in [5.74, 6) is 1.43. The molecule has 0 unspecified atom stereocenters. The first-order valence-corrected chi connectivity index (χ1v) is 7.97. The zero-order valence-electron chi connectivity index (χ0n) is 14.0. The summed E-state index contributed by atoms with van der Waals surface area (Å²) in [6.45, 7) is 5.44. The van der Waals surface area contributed by atoms with Crippen LogP contribution in [0.5, 0.6) is 0 Å². The Morgan fingerprint density at radius 1 is 0.875 bits per heavy atom. The molecule has 5 heteroatoms. The van der Waals surface area contributed by atoms with Crippen molar-refractivity contribution in [3.8, 4) is 0 Å². The monoisotopic (exact) mass is 319 g/mol. The molecule has 0 saturated heterocycles. The Kier molecular flexibility index (Phi) is 5.01. The van der Waals surface area contributed by atoms with E-state index in [1.807, 2.05) is 31.3 Å². The highest BCUT2D eigenvalue weighted by atomic mass is 15.1. The molecule has 0 bridgehead atoms. The Morgan fingerprint density at radius 2 is 1.67 bits per heavy atom. The molecular formula is C19H21N5. The van der Waals surface area contributed by atoms with Crippen LogP contribution in [0.4, 0.5) is 11.8 Å². The van der Waals surface area contributed by atoms with Crippen molar-refractivity contribution < 1.29 is 0 Å². The first-order chi connectivity index (χ1) is 11.7. The maximum Gasteiger partial charge on any atom is 0.225 e. The predicted octanol–water partition coefficient (Wildman–Crippen LogP) is 3.71. The smallest absolute Gasteiger partial charge is 0.225 e. The number of pyridine rings is 1. The number of anilines is 2. The standard InChI is InChI=1S/C19H21N5/c1-14-5-7-16(8-6-14)12-21-18-10-15(2)23-19(24-18)22-13-17-4-3-9-20-11-17/h3-11H,12-13H2,1-2H3,(H2,21,22,23,24). The molecule has 2 heterocycles. The summed E-state index contributed by atoms with van der Waals surface area (Å²) in [6.07, 6.45) is 3.60. The van der Waals surface area contributed by atoms with Gasteiger partial charge in [0.1, 0.15) is 5.82 Å². The van der Waals surface area contributed by atoms with Gasteiger partial charge in [-0.15, -0.1) is 0 Å². The van der Waals surface area contributed by atoms with Crippen LogP contribution in [0, 0.1) is 13.8 Å². The van der Waals surface area contributed by atoms with Gasteiger partial charge in [-0.25, -0.2) is 4.98 Å². The van der Waals surface area contributed by atoms with Crippen LogP contribution >= 0.6 is 0 Å². The summed E-state index contributed by atoms with van der Waals surface area (Å²) >= 11 is 0. The SMILES string of the molecule is Cc1ccc(CNc2cc(C)nc(NCc3cccnc3)n2)cc1. The molecule has 0 spiro atoms. The minimum absolute atomic E-state index is 0.616. The van der Waals surface area contributed by atoms with Crippen LogP contribution in [-0.4, -0.2) is 15.0 Å². The first kappa shape index (κ1) is 15.9. The van der Waals surface area contributed by atoms with E-state index in [0.717, 1.165) is 23.6 Å². The number of benzene rings is 1. The van der Waals surface area contributed by atoms with Crippen LogP contribution in [0.15, 0.2) is 54.9 Å². The van der Waals surface area contributed by atoms with Gasteiger partial charge < -0.3 is 10.6 Å². The van der Waals surface area contributed by atoms with Crippen molar-refractivity contribution in [1.29, 1.82) is 0 Å². The number of aryl methyl sites for hydroxylation is 2. The fraction of sp³-hybridized carbons (Fsp3) is 0.211. The fourth-order valence-corrected chi connectivity index (χ4v) is 2.32. The zero-order chi connectivity index (χ0) is 16.8. The molecule has 0 aliphatic heterocycles. The molecule has 0 fully saturated rings. The van der Waals surface area contributed by atoms with Crippen LogP contribution in [0.25, 0.3) is 0 Å². The minimum atomic E-state index is 0.616. The van der Waals surface area contributed by atoms with E-state index in [1.165, 1.54) is 11.1 Å². The van der Waals surface area contributed by atoms with Crippen molar-refractivity contribution in [2.45, 2.75) is 26.9 Å². The topological polar surface area (TPSA) is 62.7 Å². The summed E-state index contributed by atoms with van der Waals surface area (Å²) in [4.78, 5) is 13.1. The van der Waals surface area contributed by atoms with E-state index in [1.54, 1.807) is 6.20 Å².